The van der Waals surface area contributed by atoms with Gasteiger partial charge in [0, 0.05) is 23.8 Å². The number of anilines is 2. The van der Waals surface area contributed by atoms with E-state index in [9.17, 15) is 4.39 Å². The molecule has 1 aromatic heterocycles. The molecule has 102 valence electrons. The third-order valence-corrected chi connectivity index (χ3v) is 3.60. The molecule has 1 heterocycles. The number of fused-ring (bicyclic) bond motifs is 1. The monoisotopic (exact) mass is 261 g/mol. The van der Waals surface area contributed by atoms with Crippen LogP contribution in [0.25, 0.3) is 10.9 Å². The van der Waals surface area contributed by atoms with Gasteiger partial charge in [0.25, 0.3) is 0 Å². The van der Waals surface area contributed by atoms with Gasteiger partial charge in [-0.1, -0.05) is 26.7 Å². The fraction of sp³-hybridized carbons (Fsp3) is 0.400. The molecule has 1 aromatic carbocycles. The summed E-state index contributed by atoms with van der Waals surface area (Å²) in [5, 5.41) is 3.98. The second-order valence-electron chi connectivity index (χ2n) is 4.79. The summed E-state index contributed by atoms with van der Waals surface area (Å²) in [5.41, 5.74) is 7.31. The third-order valence-electron chi connectivity index (χ3n) is 3.60. The Labute approximate surface area is 113 Å². The van der Waals surface area contributed by atoms with E-state index >= 15 is 0 Å². The Morgan fingerprint density at radius 1 is 1.37 bits per heavy atom. The van der Waals surface area contributed by atoms with E-state index in [-0.39, 0.29) is 5.82 Å². The molecular formula is C15H20FN3. The fourth-order valence-electron chi connectivity index (χ4n) is 2.23. The first-order chi connectivity index (χ1) is 9.17. The molecule has 3 N–H and O–H groups in total. The molecule has 0 fully saturated rings. The molecule has 0 unspecified atom stereocenters. The predicted molar refractivity (Wildman–Crippen MR) is 78.7 cm³/mol. The number of aromatic nitrogens is 1. The van der Waals surface area contributed by atoms with E-state index in [2.05, 4.69) is 24.1 Å². The van der Waals surface area contributed by atoms with Crippen LogP contribution in [0.3, 0.4) is 0 Å². The average molecular weight is 261 g/mol. The smallest absolute Gasteiger partial charge is 0.150 e. The summed E-state index contributed by atoms with van der Waals surface area (Å²) in [4.78, 5) is 4.25. The van der Waals surface area contributed by atoms with Crippen molar-refractivity contribution in [3.8, 4) is 0 Å². The van der Waals surface area contributed by atoms with Gasteiger partial charge in [-0.2, -0.15) is 0 Å². The van der Waals surface area contributed by atoms with Gasteiger partial charge in [0.05, 0.1) is 11.2 Å². The highest BCUT2D eigenvalue weighted by atomic mass is 19.1. The minimum atomic E-state index is -0.338. The Balaban J connectivity index is 2.37. The lowest BCUT2D eigenvalue weighted by Gasteiger charge is -2.16. The van der Waals surface area contributed by atoms with Crippen LogP contribution in [0.4, 0.5) is 15.8 Å². The lowest BCUT2D eigenvalue weighted by molar-refractivity contribution is 0.517. The van der Waals surface area contributed by atoms with Crippen molar-refractivity contribution in [1.82, 2.24) is 4.98 Å². The zero-order valence-corrected chi connectivity index (χ0v) is 11.4. The van der Waals surface area contributed by atoms with E-state index in [0.717, 1.165) is 24.8 Å². The second kappa shape index (κ2) is 5.87. The average Bonchev–Trinajstić information content (AvgIpc) is 2.43. The van der Waals surface area contributed by atoms with Crippen molar-refractivity contribution in [2.75, 3.05) is 17.6 Å². The fourth-order valence-corrected chi connectivity index (χ4v) is 2.23. The van der Waals surface area contributed by atoms with Crippen molar-refractivity contribution >= 4 is 22.3 Å². The highest BCUT2D eigenvalue weighted by Gasteiger charge is 2.12. The van der Waals surface area contributed by atoms with Crippen LogP contribution in [0, 0.1) is 11.7 Å². The van der Waals surface area contributed by atoms with E-state index in [4.69, 9.17) is 5.73 Å². The topological polar surface area (TPSA) is 50.9 Å². The van der Waals surface area contributed by atoms with Crippen molar-refractivity contribution in [2.24, 2.45) is 5.92 Å². The zero-order valence-electron chi connectivity index (χ0n) is 11.4. The molecule has 2 rings (SSSR count). The Bertz CT molecular complexity index is 565. The lowest BCUT2D eigenvalue weighted by Crippen LogP contribution is -2.14. The first-order valence-corrected chi connectivity index (χ1v) is 6.73. The maximum Gasteiger partial charge on any atom is 0.150 e. The van der Waals surface area contributed by atoms with Gasteiger partial charge in [-0.25, -0.2) is 4.39 Å². The number of rotatable bonds is 5. The maximum atomic E-state index is 14.1. The summed E-state index contributed by atoms with van der Waals surface area (Å²) in [7, 11) is 0. The molecule has 0 saturated carbocycles. The van der Waals surface area contributed by atoms with E-state index < -0.39 is 0 Å². The van der Waals surface area contributed by atoms with Gasteiger partial charge in [-0.05, 0) is 24.1 Å². The molecule has 2 aromatic rings. The van der Waals surface area contributed by atoms with Crippen LogP contribution in [-0.4, -0.2) is 11.5 Å². The Morgan fingerprint density at radius 3 is 2.79 bits per heavy atom. The van der Waals surface area contributed by atoms with Gasteiger partial charge >= 0.3 is 0 Å². The first-order valence-electron chi connectivity index (χ1n) is 6.73. The molecule has 0 aliphatic rings. The van der Waals surface area contributed by atoms with Crippen LogP contribution in [0.1, 0.15) is 26.7 Å². The molecule has 0 radical (unpaired) electrons. The quantitative estimate of drug-likeness (QED) is 0.805. The van der Waals surface area contributed by atoms with Crippen molar-refractivity contribution in [3.63, 3.8) is 0 Å². The number of hydrogen-bond acceptors (Lipinski definition) is 3. The minimum absolute atomic E-state index is 0.338. The summed E-state index contributed by atoms with van der Waals surface area (Å²) in [6.07, 6.45) is 3.81. The summed E-state index contributed by atoms with van der Waals surface area (Å²) in [5.74, 6) is 0.199. The van der Waals surface area contributed by atoms with Crippen LogP contribution in [-0.2, 0) is 0 Å². The number of halogens is 1. The highest BCUT2D eigenvalue weighted by Crippen LogP contribution is 2.29. The molecular weight excluding hydrogens is 241 g/mol. The first kappa shape index (κ1) is 13.6. The Morgan fingerprint density at radius 2 is 2.11 bits per heavy atom. The molecule has 0 aliphatic carbocycles. The third kappa shape index (κ3) is 2.78. The largest absolute Gasteiger partial charge is 0.398 e. The van der Waals surface area contributed by atoms with Gasteiger partial charge in [0.1, 0.15) is 0 Å². The molecule has 0 bridgehead atoms. The Kier molecular flexibility index (Phi) is 4.20. The molecule has 0 atom stereocenters. The van der Waals surface area contributed by atoms with E-state index in [1.165, 1.54) is 6.07 Å². The molecule has 0 amide bonds. The molecule has 0 spiro atoms. The van der Waals surface area contributed by atoms with E-state index in [0.29, 0.717) is 22.8 Å². The molecule has 4 heteroatoms. The van der Waals surface area contributed by atoms with Crippen LogP contribution in [0.2, 0.25) is 0 Å². The molecule has 0 aliphatic heterocycles. The predicted octanol–water partition coefficient (Wildman–Crippen LogP) is 3.80. The number of nitrogens with one attached hydrogen (secondary N) is 1. The van der Waals surface area contributed by atoms with Crippen molar-refractivity contribution in [3.05, 3.63) is 30.2 Å². The Hall–Kier alpha value is -1.84. The van der Waals surface area contributed by atoms with Crippen LogP contribution in [0.5, 0.6) is 0 Å². The number of nitrogens with zero attached hydrogens (tertiary/aromatic N) is 1. The van der Waals surface area contributed by atoms with Crippen LogP contribution < -0.4 is 11.1 Å². The molecule has 3 nitrogen and oxygen atoms in total. The number of nitrogens with two attached hydrogens (primary N) is 1. The summed E-state index contributed by atoms with van der Waals surface area (Å²) >= 11 is 0. The number of hydrogen-bond donors (Lipinski definition) is 2. The summed E-state index contributed by atoms with van der Waals surface area (Å²) in [6.45, 7) is 5.04. The zero-order chi connectivity index (χ0) is 13.8. The van der Waals surface area contributed by atoms with Gasteiger partial charge in [-0.3, -0.25) is 4.98 Å². The number of nitrogen functional groups attached to an aromatic ring is 1. The maximum absolute atomic E-state index is 14.1. The standard InChI is InChI=1S/C15H20FN3/c1-3-10(4-2)9-19-15-12(16)8-13(17)11-6-5-7-18-14(11)15/h5-8,10,19H,3-4,9,17H2,1-2H3. The van der Waals surface area contributed by atoms with E-state index in [1.54, 1.807) is 12.3 Å². The highest BCUT2D eigenvalue weighted by molar-refractivity contribution is 5.98. The number of benzene rings is 1. The van der Waals surface area contributed by atoms with Gasteiger partial charge < -0.3 is 11.1 Å². The molecule has 19 heavy (non-hydrogen) atoms. The lowest BCUT2D eigenvalue weighted by atomic mass is 10.0. The summed E-state index contributed by atoms with van der Waals surface area (Å²) < 4.78 is 14.1. The SMILES string of the molecule is CCC(CC)CNc1c(F)cc(N)c2cccnc12. The van der Waals surface area contributed by atoms with Gasteiger partial charge in [0.2, 0.25) is 0 Å². The summed E-state index contributed by atoms with van der Waals surface area (Å²) in [6, 6.07) is 5.03. The van der Waals surface area contributed by atoms with Crippen molar-refractivity contribution in [1.29, 1.82) is 0 Å². The van der Waals surface area contributed by atoms with Crippen molar-refractivity contribution in [2.45, 2.75) is 26.7 Å². The van der Waals surface area contributed by atoms with Gasteiger partial charge in [-0.15, -0.1) is 0 Å². The normalized spacial score (nSPS) is 11.2. The second-order valence-corrected chi connectivity index (χ2v) is 4.79. The number of pyridine rings is 1. The van der Waals surface area contributed by atoms with Gasteiger partial charge in [0.15, 0.2) is 5.82 Å². The minimum Gasteiger partial charge on any atom is -0.398 e. The van der Waals surface area contributed by atoms with Crippen molar-refractivity contribution < 1.29 is 4.39 Å². The molecule has 0 saturated heterocycles. The van der Waals surface area contributed by atoms with Crippen LogP contribution in [0.15, 0.2) is 24.4 Å². The van der Waals surface area contributed by atoms with Crippen LogP contribution >= 0.6 is 0 Å². The van der Waals surface area contributed by atoms with E-state index in [1.807, 2.05) is 6.07 Å².